The number of aromatic carboxylic acids is 1. The zero-order valence-corrected chi connectivity index (χ0v) is 13.0. The Morgan fingerprint density at radius 1 is 1.17 bits per heavy atom. The van der Waals surface area contributed by atoms with Crippen molar-refractivity contribution in [3.05, 3.63) is 58.9 Å². The second-order valence-corrected chi connectivity index (χ2v) is 5.41. The van der Waals surface area contributed by atoms with Gasteiger partial charge in [-0.2, -0.15) is 5.26 Å². The molecule has 0 radical (unpaired) electrons. The minimum absolute atomic E-state index is 0.0635. The number of carbonyl (C=O) groups is 1. The predicted octanol–water partition coefficient (Wildman–Crippen LogP) is 4.80. The average molecular weight is 311 g/mol. The van der Waals surface area contributed by atoms with Gasteiger partial charge < -0.3 is 5.11 Å². The fourth-order valence-corrected chi connectivity index (χ4v) is 2.55. The molecule has 0 aliphatic carbocycles. The number of nitrogens with zero attached hydrogens (tertiary/aromatic N) is 1. The van der Waals surface area contributed by atoms with Crippen LogP contribution in [0.4, 0.5) is 4.39 Å². The second-order valence-electron chi connectivity index (χ2n) is 5.41. The molecule has 0 heterocycles. The van der Waals surface area contributed by atoms with Crippen LogP contribution in [0.2, 0.25) is 0 Å². The van der Waals surface area contributed by atoms with Crippen molar-refractivity contribution in [1.29, 1.82) is 5.26 Å². The van der Waals surface area contributed by atoms with Gasteiger partial charge in [-0.3, -0.25) is 0 Å². The number of rotatable bonds is 6. The summed E-state index contributed by atoms with van der Waals surface area (Å²) in [4.78, 5) is 11.4. The number of benzene rings is 2. The lowest BCUT2D eigenvalue weighted by molar-refractivity contribution is 0.0697. The highest BCUT2D eigenvalue weighted by Crippen LogP contribution is 2.30. The fourth-order valence-electron chi connectivity index (χ4n) is 2.55. The smallest absolute Gasteiger partial charge is 0.336 e. The third-order valence-corrected chi connectivity index (χ3v) is 3.80. The zero-order chi connectivity index (χ0) is 16.8. The van der Waals surface area contributed by atoms with E-state index < -0.39 is 11.8 Å². The molecule has 118 valence electrons. The molecule has 0 amide bonds. The number of hydrogen-bond acceptors (Lipinski definition) is 2. The van der Waals surface area contributed by atoms with Gasteiger partial charge in [0.15, 0.2) is 0 Å². The lowest BCUT2D eigenvalue weighted by Gasteiger charge is -2.12. The maximum atomic E-state index is 14.9. The van der Waals surface area contributed by atoms with Gasteiger partial charge in [0, 0.05) is 5.56 Å². The van der Waals surface area contributed by atoms with Crippen molar-refractivity contribution in [2.45, 2.75) is 32.6 Å². The summed E-state index contributed by atoms with van der Waals surface area (Å²) >= 11 is 0. The molecule has 0 saturated carbocycles. The SMILES string of the molecule is CCCCCc1ccc(C(=O)O)c(-c2ccc(C#N)cc2)c1F. The summed E-state index contributed by atoms with van der Waals surface area (Å²) in [5.74, 6) is -1.64. The molecule has 1 N–H and O–H groups in total. The topological polar surface area (TPSA) is 61.1 Å². The predicted molar refractivity (Wildman–Crippen MR) is 86.7 cm³/mol. The van der Waals surface area contributed by atoms with Crippen molar-refractivity contribution < 1.29 is 14.3 Å². The number of carboxylic acids is 1. The van der Waals surface area contributed by atoms with E-state index in [1.807, 2.05) is 6.07 Å². The van der Waals surface area contributed by atoms with Crippen LogP contribution in [0.5, 0.6) is 0 Å². The summed E-state index contributed by atoms with van der Waals surface area (Å²) in [7, 11) is 0. The van der Waals surface area contributed by atoms with Gasteiger partial charge in [0.1, 0.15) is 5.82 Å². The highest BCUT2D eigenvalue weighted by molar-refractivity contribution is 5.96. The molecule has 2 rings (SSSR count). The van der Waals surface area contributed by atoms with Gasteiger partial charge >= 0.3 is 5.97 Å². The Morgan fingerprint density at radius 3 is 2.43 bits per heavy atom. The van der Waals surface area contributed by atoms with E-state index in [1.165, 1.54) is 6.07 Å². The first-order valence-corrected chi connectivity index (χ1v) is 7.63. The summed E-state index contributed by atoms with van der Waals surface area (Å²) in [6.07, 6.45) is 3.50. The van der Waals surface area contributed by atoms with Crippen LogP contribution in [0.1, 0.15) is 47.7 Å². The molecule has 3 nitrogen and oxygen atoms in total. The summed E-state index contributed by atoms with van der Waals surface area (Å²) < 4.78 is 14.9. The summed E-state index contributed by atoms with van der Waals surface area (Å²) in [6, 6.07) is 11.3. The van der Waals surface area contributed by atoms with E-state index in [1.54, 1.807) is 30.3 Å². The zero-order valence-electron chi connectivity index (χ0n) is 13.0. The van der Waals surface area contributed by atoms with E-state index in [4.69, 9.17) is 5.26 Å². The summed E-state index contributed by atoms with van der Waals surface area (Å²) in [5.41, 5.74) is 1.48. The first-order chi connectivity index (χ1) is 11.1. The Balaban J connectivity index is 2.50. The molecule has 0 aliphatic heterocycles. The Labute approximate surface area is 135 Å². The monoisotopic (exact) mass is 311 g/mol. The standard InChI is InChI=1S/C19H18FNO2/c1-2-3-4-5-15-10-11-16(19(22)23)17(18(15)20)14-8-6-13(12-21)7-9-14/h6-11H,2-5H2,1H3,(H,22,23). The lowest BCUT2D eigenvalue weighted by Crippen LogP contribution is -2.05. The molecule has 4 heteroatoms. The van der Waals surface area contributed by atoms with Crippen LogP contribution in [0.15, 0.2) is 36.4 Å². The number of aryl methyl sites for hydroxylation is 1. The van der Waals surface area contributed by atoms with E-state index in [9.17, 15) is 14.3 Å². The Bertz CT molecular complexity index is 745. The highest BCUT2D eigenvalue weighted by Gasteiger charge is 2.19. The van der Waals surface area contributed by atoms with E-state index >= 15 is 0 Å². The van der Waals surface area contributed by atoms with Gasteiger partial charge in [-0.25, -0.2) is 9.18 Å². The Hall–Kier alpha value is -2.67. The highest BCUT2D eigenvalue weighted by atomic mass is 19.1. The van der Waals surface area contributed by atoms with Gasteiger partial charge in [0.2, 0.25) is 0 Å². The van der Waals surface area contributed by atoms with E-state index in [2.05, 4.69) is 6.92 Å². The third-order valence-electron chi connectivity index (χ3n) is 3.80. The summed E-state index contributed by atoms with van der Waals surface area (Å²) in [5, 5.41) is 18.2. The van der Waals surface area contributed by atoms with Crippen LogP contribution in [0.3, 0.4) is 0 Å². The van der Waals surface area contributed by atoms with Crippen molar-refractivity contribution in [1.82, 2.24) is 0 Å². The molecule has 0 bridgehead atoms. The van der Waals surface area contributed by atoms with Gasteiger partial charge in [-0.05, 0) is 42.2 Å². The molecular formula is C19H18FNO2. The van der Waals surface area contributed by atoms with Crippen LogP contribution >= 0.6 is 0 Å². The first kappa shape index (κ1) is 16.7. The normalized spacial score (nSPS) is 10.3. The molecule has 0 fully saturated rings. The maximum Gasteiger partial charge on any atom is 0.336 e. The van der Waals surface area contributed by atoms with Crippen LogP contribution in [0.25, 0.3) is 11.1 Å². The largest absolute Gasteiger partial charge is 0.478 e. The van der Waals surface area contributed by atoms with Crippen LogP contribution < -0.4 is 0 Å². The van der Waals surface area contributed by atoms with Crippen molar-refractivity contribution in [2.75, 3.05) is 0 Å². The first-order valence-electron chi connectivity index (χ1n) is 7.63. The van der Waals surface area contributed by atoms with Gasteiger partial charge in [0.25, 0.3) is 0 Å². The molecule has 23 heavy (non-hydrogen) atoms. The number of carboxylic acid groups (broad SMARTS) is 1. The Morgan fingerprint density at radius 2 is 1.87 bits per heavy atom. The maximum absolute atomic E-state index is 14.9. The minimum Gasteiger partial charge on any atom is -0.478 e. The van der Waals surface area contributed by atoms with Crippen LogP contribution in [-0.2, 0) is 6.42 Å². The number of hydrogen-bond donors (Lipinski definition) is 1. The number of unbranched alkanes of at least 4 members (excludes halogenated alkanes) is 2. The van der Waals surface area contributed by atoms with Gasteiger partial charge in [-0.1, -0.05) is 38.0 Å². The molecule has 0 spiro atoms. The van der Waals surface area contributed by atoms with Gasteiger partial charge in [-0.15, -0.1) is 0 Å². The number of halogens is 1. The van der Waals surface area contributed by atoms with Crippen LogP contribution in [0, 0.1) is 17.1 Å². The molecule has 0 saturated heterocycles. The lowest BCUT2D eigenvalue weighted by atomic mass is 9.94. The van der Waals surface area contributed by atoms with Crippen molar-refractivity contribution in [2.24, 2.45) is 0 Å². The van der Waals surface area contributed by atoms with E-state index in [0.717, 1.165) is 19.3 Å². The molecule has 0 atom stereocenters. The third kappa shape index (κ3) is 3.75. The van der Waals surface area contributed by atoms with E-state index in [-0.39, 0.29) is 11.1 Å². The van der Waals surface area contributed by atoms with Gasteiger partial charge in [0.05, 0.1) is 17.2 Å². The molecule has 2 aromatic carbocycles. The van der Waals surface area contributed by atoms with Crippen LogP contribution in [-0.4, -0.2) is 11.1 Å². The fraction of sp³-hybridized carbons (Fsp3) is 0.263. The molecule has 2 aromatic rings. The van der Waals surface area contributed by atoms with E-state index in [0.29, 0.717) is 23.1 Å². The average Bonchev–Trinajstić information content (AvgIpc) is 2.56. The second kappa shape index (κ2) is 7.55. The van der Waals surface area contributed by atoms with Crippen molar-refractivity contribution in [3.8, 4) is 17.2 Å². The minimum atomic E-state index is -1.16. The quantitative estimate of drug-likeness (QED) is 0.780. The van der Waals surface area contributed by atoms with Crippen molar-refractivity contribution in [3.63, 3.8) is 0 Å². The molecule has 0 aromatic heterocycles. The number of nitriles is 1. The molecular weight excluding hydrogens is 293 g/mol. The molecule has 0 unspecified atom stereocenters. The Kier molecular flexibility index (Phi) is 5.48. The van der Waals surface area contributed by atoms with Crippen molar-refractivity contribution >= 4 is 5.97 Å². The summed E-state index contributed by atoms with van der Waals surface area (Å²) in [6.45, 7) is 2.08. The molecule has 0 aliphatic rings.